The normalized spacial score (nSPS) is 15.4. The van der Waals surface area contributed by atoms with Gasteiger partial charge in [0, 0.05) is 29.7 Å². The highest BCUT2D eigenvalue weighted by atomic mass is 32.2. The lowest BCUT2D eigenvalue weighted by Crippen LogP contribution is -2.36. The van der Waals surface area contributed by atoms with E-state index in [2.05, 4.69) is 53.7 Å². The molecule has 0 saturated heterocycles. The molecule has 0 amide bonds. The maximum absolute atomic E-state index is 11.0. The molecular formula is C21H22N2O3S3. The number of para-hydroxylation sites is 1. The van der Waals surface area contributed by atoms with Gasteiger partial charge in [0.25, 0.3) is 5.01 Å². The minimum atomic E-state index is -4.21. The van der Waals surface area contributed by atoms with Crippen molar-refractivity contribution >= 4 is 55.2 Å². The molecule has 5 nitrogen and oxygen atoms in total. The van der Waals surface area contributed by atoms with Crippen LogP contribution in [-0.4, -0.2) is 25.3 Å². The number of nitrogens with zero attached hydrogens (tertiary/aromatic N) is 2. The van der Waals surface area contributed by atoms with E-state index in [1.54, 1.807) is 23.1 Å². The van der Waals surface area contributed by atoms with Crippen molar-refractivity contribution in [2.75, 3.05) is 17.2 Å². The summed E-state index contributed by atoms with van der Waals surface area (Å²) >= 11 is 3.44. The predicted molar refractivity (Wildman–Crippen MR) is 119 cm³/mol. The lowest BCUT2D eigenvalue weighted by atomic mass is 10.2. The van der Waals surface area contributed by atoms with Crippen LogP contribution in [0.4, 0.5) is 5.69 Å². The summed E-state index contributed by atoms with van der Waals surface area (Å²) in [5.74, 6) is -0.346. The molecule has 4 rings (SSSR count). The Bertz CT molecular complexity index is 1200. The van der Waals surface area contributed by atoms with Gasteiger partial charge in [0.2, 0.25) is 5.52 Å². The number of fused-ring (bicyclic) bond motifs is 2. The fourth-order valence-electron chi connectivity index (χ4n) is 3.54. The fourth-order valence-corrected chi connectivity index (χ4v) is 6.49. The average Bonchev–Trinajstić information content (AvgIpc) is 3.18. The van der Waals surface area contributed by atoms with Gasteiger partial charge in [-0.2, -0.15) is 4.57 Å². The second-order valence-corrected chi connectivity index (χ2v) is 10.6. The van der Waals surface area contributed by atoms with Crippen LogP contribution < -0.4 is 9.47 Å². The van der Waals surface area contributed by atoms with Crippen LogP contribution in [-0.2, 0) is 16.7 Å². The molecule has 8 heteroatoms. The minimum absolute atomic E-state index is 0.303. The molecule has 1 aromatic heterocycles. The number of hydrogen-bond donors (Lipinski definition) is 0. The zero-order valence-electron chi connectivity index (χ0n) is 16.3. The number of aryl methyl sites for hydroxylation is 2. The molecular weight excluding hydrogens is 424 g/mol. The maximum Gasteiger partial charge on any atom is 0.265 e. The van der Waals surface area contributed by atoms with Crippen LogP contribution in [0.1, 0.15) is 23.9 Å². The Hall–Kier alpha value is -1.87. The van der Waals surface area contributed by atoms with Gasteiger partial charge >= 0.3 is 0 Å². The van der Waals surface area contributed by atoms with E-state index >= 15 is 0 Å². The number of thiazole rings is 1. The SMILES string of the molecule is CCN1/C(=C\c2sc3ccccc3[n+]2CCCS(=O)(=O)[O-])Sc2cc(C)ccc21. The Kier molecular flexibility index (Phi) is 5.70. The summed E-state index contributed by atoms with van der Waals surface area (Å²) in [6.07, 6.45) is 2.48. The highest BCUT2D eigenvalue weighted by Crippen LogP contribution is 2.47. The largest absolute Gasteiger partial charge is 0.748 e. The van der Waals surface area contributed by atoms with Crippen LogP contribution in [0.25, 0.3) is 16.3 Å². The van der Waals surface area contributed by atoms with Crippen molar-refractivity contribution in [2.45, 2.75) is 31.7 Å². The zero-order chi connectivity index (χ0) is 20.6. The molecule has 0 spiro atoms. The van der Waals surface area contributed by atoms with E-state index < -0.39 is 10.1 Å². The van der Waals surface area contributed by atoms with E-state index in [0.717, 1.165) is 26.8 Å². The van der Waals surface area contributed by atoms with Crippen LogP contribution in [0.2, 0.25) is 0 Å². The van der Waals surface area contributed by atoms with E-state index in [1.807, 2.05) is 18.2 Å². The molecule has 2 aromatic carbocycles. The summed E-state index contributed by atoms with van der Waals surface area (Å²) in [4.78, 5) is 3.55. The number of anilines is 1. The van der Waals surface area contributed by atoms with Gasteiger partial charge in [-0.1, -0.05) is 41.3 Å². The molecule has 0 bridgehead atoms. The summed E-state index contributed by atoms with van der Waals surface area (Å²) in [5.41, 5.74) is 3.52. The van der Waals surface area contributed by atoms with Crippen molar-refractivity contribution < 1.29 is 17.5 Å². The monoisotopic (exact) mass is 446 g/mol. The second kappa shape index (κ2) is 8.10. The van der Waals surface area contributed by atoms with E-state index in [4.69, 9.17) is 0 Å². The zero-order valence-corrected chi connectivity index (χ0v) is 18.7. The minimum Gasteiger partial charge on any atom is -0.748 e. The Balaban J connectivity index is 1.73. The second-order valence-electron chi connectivity index (χ2n) is 6.98. The highest BCUT2D eigenvalue weighted by Gasteiger charge is 2.27. The smallest absolute Gasteiger partial charge is 0.265 e. The fraction of sp³-hybridized carbons (Fsp3) is 0.286. The molecule has 152 valence electrons. The molecule has 2 heterocycles. The molecule has 1 aliphatic rings. The number of aromatic nitrogens is 1. The Morgan fingerprint density at radius 2 is 2.00 bits per heavy atom. The van der Waals surface area contributed by atoms with Gasteiger partial charge < -0.3 is 9.45 Å². The van der Waals surface area contributed by atoms with Crippen molar-refractivity contribution in [1.29, 1.82) is 0 Å². The number of hydrogen-bond acceptors (Lipinski definition) is 6. The third-order valence-electron chi connectivity index (χ3n) is 4.86. The lowest BCUT2D eigenvalue weighted by Gasteiger charge is -2.17. The van der Waals surface area contributed by atoms with Crippen LogP contribution in [0.15, 0.2) is 52.4 Å². The van der Waals surface area contributed by atoms with Gasteiger partial charge in [0.05, 0.1) is 26.9 Å². The first-order chi connectivity index (χ1) is 13.9. The summed E-state index contributed by atoms with van der Waals surface area (Å²) < 4.78 is 36.4. The number of benzene rings is 2. The quantitative estimate of drug-likeness (QED) is 0.416. The molecule has 0 fully saturated rings. The van der Waals surface area contributed by atoms with Gasteiger partial charge in [-0.3, -0.25) is 0 Å². The van der Waals surface area contributed by atoms with Crippen molar-refractivity contribution in [3.8, 4) is 0 Å². The molecule has 29 heavy (non-hydrogen) atoms. The van der Waals surface area contributed by atoms with E-state index in [0.29, 0.717) is 13.0 Å². The standard InChI is InChI=1S/C21H22N2O3S3/c1-3-22-17-10-9-15(2)13-19(17)28-20(22)14-21-23(11-6-12-29(24,25)26)16-7-4-5-8-18(16)27-21/h4-5,7-10,13-14H,3,6,11-12H2,1-2H3. The van der Waals surface area contributed by atoms with Gasteiger partial charge in [-0.15, -0.1) is 0 Å². The summed E-state index contributed by atoms with van der Waals surface area (Å²) in [7, 11) is -4.21. The van der Waals surface area contributed by atoms with E-state index in [-0.39, 0.29) is 5.75 Å². The van der Waals surface area contributed by atoms with Gasteiger partial charge in [0.1, 0.15) is 4.70 Å². The molecule has 0 N–H and O–H groups in total. The summed E-state index contributed by atoms with van der Waals surface area (Å²) in [6, 6.07) is 14.6. The highest BCUT2D eigenvalue weighted by molar-refractivity contribution is 8.03. The molecule has 0 unspecified atom stereocenters. The van der Waals surface area contributed by atoms with Crippen molar-refractivity contribution in [2.24, 2.45) is 0 Å². The first kappa shape index (κ1) is 20.4. The molecule has 3 aromatic rings. The molecule has 1 aliphatic heterocycles. The predicted octanol–water partition coefficient (Wildman–Crippen LogP) is 4.36. The van der Waals surface area contributed by atoms with Gasteiger partial charge in [-0.25, -0.2) is 8.42 Å². The maximum atomic E-state index is 11.0. The van der Waals surface area contributed by atoms with Crippen LogP contribution in [0.3, 0.4) is 0 Å². The Morgan fingerprint density at radius 3 is 2.76 bits per heavy atom. The third-order valence-corrected chi connectivity index (χ3v) is 7.86. The van der Waals surface area contributed by atoms with Crippen molar-refractivity contribution in [3.63, 3.8) is 0 Å². The molecule has 0 radical (unpaired) electrons. The molecule has 0 aliphatic carbocycles. The molecule has 0 atom stereocenters. The van der Waals surface area contributed by atoms with Crippen LogP contribution >= 0.6 is 23.1 Å². The third kappa shape index (κ3) is 4.35. The molecule has 0 saturated carbocycles. The van der Waals surface area contributed by atoms with Crippen molar-refractivity contribution in [1.82, 2.24) is 0 Å². The summed E-state index contributed by atoms with van der Waals surface area (Å²) in [5, 5.41) is 2.21. The van der Waals surface area contributed by atoms with Gasteiger partial charge in [0.15, 0.2) is 6.54 Å². The number of thioether (sulfide) groups is 1. The average molecular weight is 447 g/mol. The lowest BCUT2D eigenvalue weighted by molar-refractivity contribution is -0.668. The first-order valence-corrected chi connectivity index (χ1v) is 12.7. The van der Waals surface area contributed by atoms with Crippen molar-refractivity contribution in [3.05, 3.63) is 58.1 Å². The Morgan fingerprint density at radius 1 is 1.21 bits per heavy atom. The first-order valence-electron chi connectivity index (χ1n) is 9.48. The van der Waals surface area contributed by atoms with Crippen LogP contribution in [0.5, 0.6) is 0 Å². The Labute approximate surface area is 179 Å². The van der Waals surface area contributed by atoms with E-state index in [1.165, 1.54) is 16.1 Å². The summed E-state index contributed by atoms with van der Waals surface area (Å²) in [6.45, 7) is 5.60. The van der Waals surface area contributed by atoms with E-state index in [9.17, 15) is 13.0 Å². The van der Waals surface area contributed by atoms with Crippen LogP contribution in [0, 0.1) is 6.92 Å². The number of rotatable bonds is 6. The van der Waals surface area contributed by atoms with Gasteiger partial charge in [-0.05, 0) is 37.6 Å². The topological polar surface area (TPSA) is 64.3 Å².